The van der Waals surface area contributed by atoms with E-state index in [0.717, 1.165) is 6.07 Å². The maximum atomic E-state index is 13.2. The monoisotopic (exact) mass is 324 g/mol. The molecule has 118 valence electrons. The molecule has 0 aromatic heterocycles. The summed E-state index contributed by atoms with van der Waals surface area (Å²) in [5.41, 5.74) is -0.779. The Kier molecular flexibility index (Phi) is 5.46. The Labute approximate surface area is 126 Å². The van der Waals surface area contributed by atoms with Crippen molar-refractivity contribution in [3.05, 3.63) is 34.3 Å². The van der Waals surface area contributed by atoms with E-state index in [4.69, 9.17) is 11.6 Å². The molecule has 7 heteroatoms. The van der Waals surface area contributed by atoms with Crippen LogP contribution in [0.15, 0.2) is 18.2 Å². The van der Waals surface area contributed by atoms with E-state index in [9.17, 15) is 17.6 Å². The molecule has 21 heavy (non-hydrogen) atoms. The van der Waals surface area contributed by atoms with Gasteiger partial charge in [0, 0.05) is 42.8 Å². The molecule has 2 nitrogen and oxygen atoms in total. The van der Waals surface area contributed by atoms with Gasteiger partial charge in [-0.15, -0.1) is 0 Å². The van der Waals surface area contributed by atoms with E-state index in [1.165, 1.54) is 12.1 Å². The molecule has 0 aliphatic carbocycles. The first kappa shape index (κ1) is 16.5. The topological polar surface area (TPSA) is 15.3 Å². The van der Waals surface area contributed by atoms with Gasteiger partial charge in [-0.25, -0.2) is 0 Å². The lowest BCUT2D eigenvalue weighted by Crippen LogP contribution is -2.45. The summed E-state index contributed by atoms with van der Waals surface area (Å²) in [5.74, 6) is 0. The number of nitrogens with one attached hydrogen (secondary N) is 1. The number of hydrogen-bond donors (Lipinski definition) is 1. The van der Waals surface area contributed by atoms with Crippen molar-refractivity contribution in [1.82, 2.24) is 10.2 Å². The molecule has 0 amide bonds. The summed E-state index contributed by atoms with van der Waals surface area (Å²) in [7, 11) is 0. The van der Waals surface area contributed by atoms with Crippen molar-refractivity contribution in [1.29, 1.82) is 0 Å². The maximum Gasteiger partial charge on any atom is 0.416 e. The van der Waals surface area contributed by atoms with Gasteiger partial charge in [0.15, 0.2) is 0 Å². The zero-order valence-corrected chi connectivity index (χ0v) is 12.1. The second kappa shape index (κ2) is 6.94. The third kappa shape index (κ3) is 3.87. The molecule has 0 bridgehead atoms. The molecule has 0 radical (unpaired) electrons. The minimum Gasteiger partial charge on any atom is -0.314 e. The second-order valence-corrected chi connectivity index (χ2v) is 5.39. The average Bonchev–Trinajstić information content (AvgIpc) is 2.45. The minimum atomic E-state index is -4.50. The highest BCUT2D eigenvalue weighted by atomic mass is 35.5. The van der Waals surface area contributed by atoms with Gasteiger partial charge in [0.1, 0.15) is 0 Å². The fourth-order valence-corrected chi connectivity index (χ4v) is 3.03. The summed E-state index contributed by atoms with van der Waals surface area (Å²) in [6, 6.07) is 3.06. The lowest BCUT2D eigenvalue weighted by atomic mass is 9.95. The molecule has 1 aliphatic heterocycles. The summed E-state index contributed by atoms with van der Waals surface area (Å²) in [4.78, 5) is 1.87. The normalized spacial score (nSPS) is 18.7. The molecule has 1 aromatic rings. The number of hydrogen-bond acceptors (Lipinski definition) is 2. The molecule has 0 saturated carbocycles. The van der Waals surface area contributed by atoms with E-state index in [1.54, 1.807) is 0 Å². The van der Waals surface area contributed by atoms with Crippen LogP contribution in [-0.2, 0) is 6.18 Å². The number of benzene rings is 1. The van der Waals surface area contributed by atoms with Crippen molar-refractivity contribution in [2.45, 2.75) is 18.6 Å². The van der Waals surface area contributed by atoms with Crippen molar-refractivity contribution < 1.29 is 17.6 Å². The third-order valence-corrected chi connectivity index (χ3v) is 4.00. The minimum absolute atomic E-state index is 0.00676. The third-order valence-electron chi connectivity index (χ3n) is 3.67. The van der Waals surface area contributed by atoms with E-state index in [1.807, 2.05) is 4.90 Å². The van der Waals surface area contributed by atoms with Crippen molar-refractivity contribution >= 4 is 11.6 Å². The van der Waals surface area contributed by atoms with Crippen LogP contribution in [0, 0.1) is 0 Å². The van der Waals surface area contributed by atoms with Crippen LogP contribution in [0.1, 0.15) is 23.6 Å². The summed E-state index contributed by atoms with van der Waals surface area (Å²) >= 11 is 6.02. The van der Waals surface area contributed by atoms with Gasteiger partial charge in [-0.05, 0) is 18.6 Å². The van der Waals surface area contributed by atoms with Crippen LogP contribution in [0.5, 0.6) is 0 Å². The van der Waals surface area contributed by atoms with E-state index in [2.05, 4.69) is 5.32 Å². The van der Waals surface area contributed by atoms with Crippen LogP contribution in [0.2, 0.25) is 5.02 Å². The smallest absolute Gasteiger partial charge is 0.314 e. The Hall–Kier alpha value is -0.850. The molecular weight excluding hydrogens is 308 g/mol. The predicted molar refractivity (Wildman–Crippen MR) is 74.2 cm³/mol. The fraction of sp³-hybridized carbons (Fsp3) is 0.571. The zero-order chi connectivity index (χ0) is 15.5. The fourth-order valence-electron chi connectivity index (χ4n) is 2.73. The van der Waals surface area contributed by atoms with Gasteiger partial charge in [-0.1, -0.05) is 17.7 Å². The number of alkyl halides is 4. The van der Waals surface area contributed by atoms with Gasteiger partial charge in [0.25, 0.3) is 0 Å². The number of rotatable bonds is 4. The SMILES string of the molecule is FCC[C@@H](c1c(Cl)cccc1C(F)(F)F)N1CCNCC1. The lowest BCUT2D eigenvalue weighted by Gasteiger charge is -2.36. The van der Waals surface area contributed by atoms with Crippen molar-refractivity contribution in [2.75, 3.05) is 32.9 Å². The second-order valence-electron chi connectivity index (χ2n) is 4.98. The standard InChI is InChI=1S/C14H17ClF4N2/c15-11-3-1-2-10(14(17,18)19)13(11)12(4-5-16)21-8-6-20-7-9-21/h1-3,12,20H,4-9H2/t12-/m0/s1. The van der Waals surface area contributed by atoms with Crippen LogP contribution in [-0.4, -0.2) is 37.8 Å². The number of nitrogens with zero attached hydrogens (tertiary/aromatic N) is 1. The van der Waals surface area contributed by atoms with Gasteiger partial charge in [-0.3, -0.25) is 9.29 Å². The molecule has 1 saturated heterocycles. The molecule has 1 N–H and O–H groups in total. The Morgan fingerprint density at radius 2 is 1.90 bits per heavy atom. The Morgan fingerprint density at radius 3 is 2.48 bits per heavy atom. The Bertz CT molecular complexity index is 473. The summed E-state index contributed by atoms with van der Waals surface area (Å²) in [6.45, 7) is 1.82. The largest absolute Gasteiger partial charge is 0.416 e. The Morgan fingerprint density at radius 1 is 1.24 bits per heavy atom. The van der Waals surface area contributed by atoms with Gasteiger partial charge in [-0.2, -0.15) is 13.2 Å². The van der Waals surface area contributed by atoms with Crippen LogP contribution >= 0.6 is 11.6 Å². The van der Waals surface area contributed by atoms with Crippen molar-refractivity contribution in [3.8, 4) is 0 Å². The van der Waals surface area contributed by atoms with Crippen molar-refractivity contribution in [3.63, 3.8) is 0 Å². The first-order valence-electron chi connectivity index (χ1n) is 6.81. The van der Waals surface area contributed by atoms with Crippen molar-refractivity contribution in [2.24, 2.45) is 0 Å². The zero-order valence-electron chi connectivity index (χ0n) is 11.4. The molecule has 0 spiro atoms. The van der Waals surface area contributed by atoms with E-state index < -0.39 is 24.5 Å². The Balaban J connectivity index is 2.43. The summed E-state index contributed by atoms with van der Waals surface area (Å²) in [6.07, 6.45) is -4.49. The molecule has 1 heterocycles. The highest BCUT2D eigenvalue weighted by Gasteiger charge is 2.37. The quantitative estimate of drug-likeness (QED) is 0.850. The van der Waals surface area contributed by atoms with E-state index in [0.29, 0.717) is 26.2 Å². The molecule has 0 unspecified atom stereocenters. The van der Waals surface area contributed by atoms with Gasteiger partial charge >= 0.3 is 6.18 Å². The van der Waals surface area contributed by atoms with Crippen LogP contribution < -0.4 is 5.32 Å². The van der Waals surface area contributed by atoms with Crippen LogP contribution in [0.4, 0.5) is 17.6 Å². The molecule has 1 aliphatic rings. The van der Waals surface area contributed by atoms with Crippen LogP contribution in [0.25, 0.3) is 0 Å². The van der Waals surface area contributed by atoms with Gasteiger partial charge < -0.3 is 5.32 Å². The molecule has 1 aromatic carbocycles. The highest BCUT2D eigenvalue weighted by molar-refractivity contribution is 6.31. The average molecular weight is 325 g/mol. The highest BCUT2D eigenvalue weighted by Crippen LogP contribution is 2.41. The molecular formula is C14H17ClF4N2. The number of piperazine rings is 1. The molecule has 2 rings (SSSR count). The molecule has 1 atom stereocenters. The predicted octanol–water partition coefficient (Wildman–Crippen LogP) is 3.66. The lowest BCUT2D eigenvalue weighted by molar-refractivity contribution is -0.138. The van der Waals surface area contributed by atoms with E-state index >= 15 is 0 Å². The first-order chi connectivity index (χ1) is 9.95. The summed E-state index contributed by atoms with van der Waals surface area (Å²) < 4.78 is 52.5. The van der Waals surface area contributed by atoms with Crippen LogP contribution in [0.3, 0.4) is 0 Å². The van der Waals surface area contributed by atoms with Gasteiger partial charge in [0.2, 0.25) is 0 Å². The summed E-state index contributed by atoms with van der Waals surface area (Å²) in [5, 5.41) is 3.18. The number of halogens is 5. The van der Waals surface area contributed by atoms with E-state index in [-0.39, 0.29) is 17.0 Å². The first-order valence-corrected chi connectivity index (χ1v) is 7.19. The maximum absolute atomic E-state index is 13.2. The van der Waals surface area contributed by atoms with Gasteiger partial charge in [0.05, 0.1) is 12.2 Å². The molecule has 1 fully saturated rings.